The molecule has 25 nitrogen and oxygen atoms in total. The van der Waals surface area contributed by atoms with Crippen molar-refractivity contribution in [2.24, 2.45) is 5.73 Å². The van der Waals surface area contributed by atoms with Crippen LogP contribution < -0.4 is 21.7 Å². The minimum absolute atomic E-state index is 0. The van der Waals surface area contributed by atoms with E-state index < -0.39 is 149 Å². The zero-order chi connectivity index (χ0) is 83.4. The first-order valence-electron chi connectivity index (χ1n) is 28.8. The van der Waals surface area contributed by atoms with Crippen LogP contribution in [0.5, 0.6) is 0 Å². The molecule has 1 heterocycles. The molecule has 3 amide bonds. The Bertz CT molecular complexity index is 2550. The summed E-state index contributed by atoms with van der Waals surface area (Å²) in [5.41, 5.74) is 5.25. The number of carboxylic acid groups (broad SMARTS) is 1. The van der Waals surface area contributed by atoms with Crippen molar-refractivity contribution in [3.05, 3.63) is 0 Å². The number of aliphatic hydroxyl groups excluding tert-OH is 2. The Balaban J connectivity index is -0.000000242. The van der Waals surface area contributed by atoms with Crippen LogP contribution in [0.2, 0.25) is 0 Å². The van der Waals surface area contributed by atoms with Crippen LogP contribution in [0.4, 0.5) is 123 Å². The number of nitrogens with two attached hydrogens (primary N) is 1. The van der Waals surface area contributed by atoms with Gasteiger partial charge in [0.15, 0.2) is 0 Å². The third kappa shape index (κ3) is 37.0. The van der Waals surface area contributed by atoms with Gasteiger partial charge in [0.05, 0.1) is 7.11 Å². The van der Waals surface area contributed by atoms with Gasteiger partial charge < -0.3 is 80.7 Å². The Kier molecular flexibility index (Phi) is 49.6. The number of alkyl halides is 28. The summed E-state index contributed by atoms with van der Waals surface area (Å²) in [5.74, 6) is -47.2. The molecular formula is C49H74F28N4O21P2Rf2-2. The number of nitrogens with one attached hydrogen (secondary N) is 3. The molecule has 0 aromatic carbocycles. The number of ether oxygens (including phenoxy) is 6. The van der Waals surface area contributed by atoms with Crippen molar-refractivity contribution in [1.82, 2.24) is 16.0 Å². The molecule has 4 unspecified atom stereocenters. The van der Waals surface area contributed by atoms with Gasteiger partial charge in [0.25, 0.3) is 11.0 Å². The molecule has 0 aromatic rings. The molecular weight excluding hydrogens is 2110 g/mol. The average Bonchev–Trinajstić information content (AvgIpc) is 0.770. The summed E-state index contributed by atoms with van der Waals surface area (Å²) in [7, 11) is -10.8. The molecule has 1 aliphatic heterocycles. The molecule has 1 aliphatic rings. The van der Waals surface area contributed by atoms with E-state index in [2.05, 4.69) is 20.1 Å². The smallest absolute Gasteiger partial charge is 0.460 e. The Morgan fingerprint density at radius 3 is 1.07 bits per heavy atom. The molecule has 0 spiro atoms. The van der Waals surface area contributed by atoms with Crippen molar-refractivity contribution in [3.63, 3.8) is 0 Å². The van der Waals surface area contributed by atoms with E-state index in [-0.39, 0.29) is 58.8 Å². The molecule has 1 saturated heterocycles. The maximum absolute atomic E-state index is 14.2. The monoisotopic (exact) mass is 2180 g/mol. The van der Waals surface area contributed by atoms with Crippen molar-refractivity contribution in [3.8, 4) is 0 Å². The van der Waals surface area contributed by atoms with Crippen molar-refractivity contribution in [2.45, 2.75) is 219 Å². The normalized spacial score (nSPS) is 15.8. The summed E-state index contributed by atoms with van der Waals surface area (Å²) in [5, 5.41) is 36.9. The zero-order valence-electron chi connectivity index (χ0n) is 55.2. The van der Waals surface area contributed by atoms with Crippen LogP contribution in [0.3, 0.4) is 0 Å². The second kappa shape index (κ2) is 46.6. The first-order chi connectivity index (χ1) is 46.5. The molecule has 0 aromatic heterocycles. The third-order valence-corrected chi connectivity index (χ3v) is 15.8. The summed E-state index contributed by atoms with van der Waals surface area (Å²) in [6.07, 6.45) is -44.8. The molecule has 0 bridgehead atoms. The zero-order valence-corrected chi connectivity index (χ0v) is 69.8. The predicted octanol–water partition coefficient (Wildman–Crippen LogP) is 10.3. The molecule has 628 valence electrons. The van der Waals surface area contributed by atoms with E-state index in [1.807, 2.05) is 9.47 Å². The minimum atomic E-state index is -7.53. The number of carbonyl (C=O) groups excluding carboxylic acids is 4. The van der Waals surface area contributed by atoms with Gasteiger partial charge in [-0.25, -0.2) is 4.79 Å². The molecule has 57 heteroatoms. The van der Waals surface area contributed by atoms with Crippen LogP contribution in [-0.2, 0) is 61.5 Å². The standard InChI is InChI=1S/C15H17F14NO4.C10H6F14O4.C7H16NO8P2.C7H12NO3.C6H15NO.C4H8O.2Rf/c1-9(16,17)14(26,27)34-11(19,13(23,24)25)15(28,29)33-10(18,12(20,21)22)8(32)30-6-4-2-3-5-7-31;1-4(11,12)9(21,22)28-6(14,8(18,19)20)10(23,24)27-5(13,3(25)26-2)7(15,16)17;9-6-8-5-3-1-2-4-7(10,17(11,12)13)18(14,15)16;9-6-8-5-3-1-2-4-7(10)11;7-5-3-1-2-4-6-8;1-2-4-5-3-1;;/h31H,2-7H2,1H3,(H,30,32);1-2H3;10H,1-5H2,(H,8,9)(H2,11,12,13)(H2,14,15,16);1-5H2,(H,8,9)(H,10,11);8H,1-7H2;1-4H2;;/q;;2*-1;;;;. The maximum atomic E-state index is 14.2. The summed E-state index contributed by atoms with van der Waals surface area (Å²) in [6.45, 7) is 0.898. The van der Waals surface area contributed by atoms with Crippen LogP contribution in [0.1, 0.15) is 129 Å². The number of hydrogen-bond acceptors (Lipinski definition) is 17. The van der Waals surface area contributed by atoms with E-state index in [0.29, 0.717) is 32.4 Å². The number of carbonyl (C=O) groups is 3. The van der Waals surface area contributed by atoms with Crippen molar-refractivity contribution in [2.75, 3.05) is 59.7 Å². The van der Waals surface area contributed by atoms with Crippen LogP contribution in [-0.4, -0.2) is 220 Å². The fourth-order valence-corrected chi connectivity index (χ4v) is 8.43. The van der Waals surface area contributed by atoms with Gasteiger partial charge in [0, 0.05) is 53.2 Å². The molecule has 0 saturated carbocycles. The number of methoxy groups -OCH3 is 1. The summed E-state index contributed by atoms with van der Waals surface area (Å²) >= 11 is 0. The van der Waals surface area contributed by atoms with Crippen LogP contribution in [0.15, 0.2) is 0 Å². The van der Waals surface area contributed by atoms with Gasteiger partial charge in [-0.3, -0.25) is 37.7 Å². The first-order valence-corrected chi connectivity index (χ1v) is 32.0. The predicted molar refractivity (Wildman–Crippen MR) is 291 cm³/mol. The number of esters is 1. The number of unbranched alkanes of at least 4 members (excludes halogenated alkanes) is 10. The van der Waals surface area contributed by atoms with E-state index in [9.17, 15) is 161 Å². The fourth-order valence-electron chi connectivity index (χ4n) is 6.17. The second-order valence-electron chi connectivity index (χ2n) is 20.7. The van der Waals surface area contributed by atoms with Crippen molar-refractivity contribution < 1.29 is 224 Å². The van der Waals surface area contributed by atoms with E-state index in [1.54, 1.807) is 11.1 Å². The largest absolute Gasteiger partial charge is 0.530 e. The van der Waals surface area contributed by atoms with E-state index in [1.165, 1.54) is 19.3 Å². The number of hydrogen-bond donors (Lipinski definition) is 12. The van der Waals surface area contributed by atoms with Gasteiger partial charge >= 0.3 is 112 Å². The molecule has 13 N–H and O–H groups in total. The Labute approximate surface area is 570 Å². The van der Waals surface area contributed by atoms with Gasteiger partial charge in [0.1, 0.15) is 0 Å². The van der Waals surface area contributed by atoms with Crippen LogP contribution in [0, 0.1) is 0 Å². The molecule has 1 rings (SSSR count). The van der Waals surface area contributed by atoms with Gasteiger partial charge in [-0.15, -0.1) is 0 Å². The van der Waals surface area contributed by atoms with Crippen LogP contribution >= 0.6 is 15.2 Å². The first kappa shape index (κ1) is 113. The summed E-state index contributed by atoms with van der Waals surface area (Å²) in [4.78, 5) is 86.8. The topological polar surface area (TPSA) is 399 Å². The van der Waals surface area contributed by atoms with Gasteiger partial charge in [-0.2, -0.15) is 136 Å². The van der Waals surface area contributed by atoms with Crippen molar-refractivity contribution >= 4 is 45.9 Å². The number of amides is 3. The maximum Gasteiger partial charge on any atom is 0.460 e. The molecule has 0 radical (unpaired) electrons. The number of halogens is 28. The van der Waals surface area contributed by atoms with Gasteiger partial charge in [-0.1, -0.05) is 38.5 Å². The van der Waals surface area contributed by atoms with Gasteiger partial charge in [-0.05, 0) is 90.3 Å². The Morgan fingerprint density at radius 1 is 0.472 bits per heavy atom. The Hall–Kier alpha value is -6.67. The van der Waals surface area contributed by atoms with E-state index >= 15 is 0 Å². The summed E-state index contributed by atoms with van der Waals surface area (Å²) < 4.78 is 402. The Morgan fingerprint density at radius 2 is 0.792 bits per heavy atom. The molecule has 4 atom stereocenters. The van der Waals surface area contributed by atoms with E-state index in [0.717, 1.165) is 63.6 Å². The third-order valence-electron chi connectivity index (χ3n) is 11.9. The van der Waals surface area contributed by atoms with Crippen LogP contribution in [0.25, 0.3) is 0 Å². The minimum Gasteiger partial charge on any atom is -0.530 e. The number of aliphatic carboxylic acids is 1. The number of aliphatic hydroxyl groups is 3. The molecule has 0 aliphatic carbocycles. The fraction of sp³-hybridized carbons (Fsp3) is 0.898. The second-order valence-corrected chi connectivity index (χ2v) is 24.7. The number of carboxylic acids is 1. The van der Waals surface area contributed by atoms with E-state index in [4.69, 9.17) is 45.4 Å². The molecule has 106 heavy (non-hydrogen) atoms. The van der Waals surface area contributed by atoms with Gasteiger partial charge in [0.2, 0.25) is 0 Å². The SMILES string of the molecule is C1CCOC1.CC(F)(F)C(F)(F)OC(F)(C(F)(F)F)C(F)(F)OC(F)(C(=O)NCCCCCCO)C(F)(F)F.COC(=O)C(F)(OC(F)(F)C(F)(OC(F)(F)C(C)(F)F)C(F)(F)F)C(F)(F)F.NCCCCCCO.O=[C-]NCCCCCC(=O)O.O=[C-]NCCCCCC(O)(P(=O)(O)O)P(=O)(O)O.[Rf].[Rf]. The number of rotatable bonds is 41. The average molecular weight is 2180 g/mol. The van der Waals surface area contributed by atoms with Crippen molar-refractivity contribution in [1.29, 1.82) is 0 Å². The quantitative estimate of drug-likeness (QED) is 0.00676. The molecule has 1 fully saturated rings. The summed E-state index contributed by atoms with van der Waals surface area (Å²) in [6, 6.07) is 0.